The Morgan fingerprint density at radius 3 is 1.94 bits per heavy atom. The minimum atomic E-state index is -0.407. The van der Waals surface area contributed by atoms with Crippen molar-refractivity contribution in [2.75, 3.05) is 19.8 Å². The first-order valence-corrected chi connectivity index (χ1v) is 6.18. The largest absolute Gasteiger partial charge is 0.491 e. The molecule has 104 valence electrons. The first-order chi connectivity index (χ1) is 8.56. The van der Waals surface area contributed by atoms with Crippen LogP contribution in [0.15, 0.2) is 30.3 Å². The number of rotatable bonds is 6. The molecule has 0 aliphatic carbocycles. The van der Waals surface area contributed by atoms with Gasteiger partial charge in [0.15, 0.2) is 0 Å². The monoisotopic (exact) mass is 256 g/mol. The van der Waals surface area contributed by atoms with Gasteiger partial charge < -0.3 is 19.7 Å². The highest BCUT2D eigenvalue weighted by Gasteiger charge is 1.95. The van der Waals surface area contributed by atoms with Gasteiger partial charge in [0.1, 0.15) is 12.4 Å². The highest BCUT2D eigenvalue weighted by molar-refractivity contribution is 5.20. The summed E-state index contributed by atoms with van der Waals surface area (Å²) in [5.41, 5.74) is 0. The van der Waals surface area contributed by atoms with Crippen molar-refractivity contribution in [3.05, 3.63) is 30.3 Å². The molecule has 1 rings (SSSR count). The van der Waals surface area contributed by atoms with Crippen LogP contribution in [0.3, 0.4) is 0 Å². The topological polar surface area (TPSA) is 58.9 Å². The molecule has 2 atom stereocenters. The van der Waals surface area contributed by atoms with Crippen LogP contribution >= 0.6 is 0 Å². The van der Waals surface area contributed by atoms with Gasteiger partial charge in [-0.15, -0.1) is 0 Å². The maximum atomic E-state index is 8.89. The Balaban J connectivity index is 0.000000360. The summed E-state index contributed by atoms with van der Waals surface area (Å²) in [6.07, 6.45) is -0.727. The van der Waals surface area contributed by atoms with E-state index >= 15 is 0 Å². The Kier molecular flexibility index (Phi) is 10.3. The van der Waals surface area contributed by atoms with Crippen LogP contribution in [0.2, 0.25) is 0 Å². The second-order valence-electron chi connectivity index (χ2n) is 3.98. The van der Waals surface area contributed by atoms with Crippen LogP contribution in [-0.4, -0.2) is 42.2 Å². The zero-order valence-corrected chi connectivity index (χ0v) is 11.4. The number of hydrogen-bond acceptors (Lipinski definition) is 4. The summed E-state index contributed by atoms with van der Waals surface area (Å²) in [6.45, 7) is 6.80. The third-order valence-corrected chi connectivity index (χ3v) is 1.80. The molecule has 4 nitrogen and oxygen atoms in total. The lowest BCUT2D eigenvalue weighted by Crippen LogP contribution is -2.12. The zero-order chi connectivity index (χ0) is 13.8. The molecule has 2 N–H and O–H groups in total. The quantitative estimate of drug-likeness (QED) is 0.815. The van der Waals surface area contributed by atoms with Crippen molar-refractivity contribution < 1.29 is 19.7 Å². The summed E-state index contributed by atoms with van der Waals surface area (Å²) < 4.78 is 10.1. The highest BCUT2D eigenvalue weighted by Crippen LogP contribution is 2.07. The van der Waals surface area contributed by atoms with E-state index in [1.54, 1.807) is 13.8 Å². The van der Waals surface area contributed by atoms with E-state index in [1.807, 2.05) is 37.3 Å². The number of aliphatic hydroxyl groups is 2. The second-order valence-corrected chi connectivity index (χ2v) is 3.98. The molecule has 0 spiro atoms. The van der Waals surface area contributed by atoms with Crippen molar-refractivity contribution in [3.63, 3.8) is 0 Å². The Morgan fingerprint density at radius 1 is 1.00 bits per heavy atom. The summed E-state index contributed by atoms with van der Waals surface area (Å²) >= 11 is 0. The molecular formula is C14H24O4. The maximum Gasteiger partial charge on any atom is 0.119 e. The molecule has 4 heteroatoms. The summed E-state index contributed by atoms with van der Waals surface area (Å²) in [6, 6.07) is 9.45. The number of aliphatic hydroxyl groups excluding tert-OH is 2. The first-order valence-electron chi connectivity index (χ1n) is 6.18. The lowest BCUT2D eigenvalue weighted by Gasteiger charge is -2.06. The van der Waals surface area contributed by atoms with E-state index in [0.29, 0.717) is 19.8 Å². The average molecular weight is 256 g/mol. The maximum absolute atomic E-state index is 8.89. The van der Waals surface area contributed by atoms with Gasteiger partial charge in [0, 0.05) is 6.61 Å². The molecule has 1 aromatic carbocycles. The minimum absolute atomic E-state index is 0.319. The van der Waals surface area contributed by atoms with Crippen LogP contribution in [-0.2, 0) is 4.74 Å². The molecule has 1 aromatic rings. The fourth-order valence-corrected chi connectivity index (χ4v) is 1.02. The van der Waals surface area contributed by atoms with Crippen LogP contribution in [0.1, 0.15) is 20.8 Å². The van der Waals surface area contributed by atoms with Crippen molar-refractivity contribution in [2.45, 2.75) is 33.0 Å². The number of ether oxygens (including phenoxy) is 2. The third kappa shape index (κ3) is 11.4. The van der Waals surface area contributed by atoms with E-state index in [4.69, 9.17) is 19.7 Å². The van der Waals surface area contributed by atoms with Crippen LogP contribution < -0.4 is 4.74 Å². The van der Waals surface area contributed by atoms with Gasteiger partial charge >= 0.3 is 0 Å². The van der Waals surface area contributed by atoms with Crippen LogP contribution in [0.5, 0.6) is 5.75 Å². The molecule has 0 bridgehead atoms. The van der Waals surface area contributed by atoms with E-state index in [1.165, 1.54) is 0 Å². The SMILES string of the molecule is CC(O)COc1ccccc1.CCOCC(C)O. The Morgan fingerprint density at radius 2 is 1.56 bits per heavy atom. The van der Waals surface area contributed by atoms with E-state index in [-0.39, 0.29) is 6.10 Å². The Labute approximate surface area is 109 Å². The number of para-hydroxylation sites is 1. The summed E-state index contributed by atoms with van der Waals surface area (Å²) in [4.78, 5) is 0. The lowest BCUT2D eigenvalue weighted by molar-refractivity contribution is 0.0527. The fraction of sp³-hybridized carbons (Fsp3) is 0.571. The van der Waals surface area contributed by atoms with Gasteiger partial charge in [-0.05, 0) is 32.9 Å². The molecule has 2 unspecified atom stereocenters. The van der Waals surface area contributed by atoms with Gasteiger partial charge in [0.2, 0.25) is 0 Å². The van der Waals surface area contributed by atoms with Crippen LogP contribution in [0, 0.1) is 0 Å². The molecule has 0 aromatic heterocycles. The van der Waals surface area contributed by atoms with Crippen molar-refractivity contribution >= 4 is 0 Å². The van der Waals surface area contributed by atoms with E-state index in [2.05, 4.69) is 0 Å². The normalized spacial score (nSPS) is 13.2. The number of hydrogen-bond donors (Lipinski definition) is 2. The molecule has 18 heavy (non-hydrogen) atoms. The van der Waals surface area contributed by atoms with Crippen molar-refractivity contribution in [2.24, 2.45) is 0 Å². The summed E-state index contributed by atoms with van der Waals surface area (Å²) in [5.74, 6) is 0.799. The molecule has 0 aliphatic rings. The van der Waals surface area contributed by atoms with Crippen molar-refractivity contribution in [1.29, 1.82) is 0 Å². The third-order valence-electron chi connectivity index (χ3n) is 1.80. The van der Waals surface area contributed by atoms with Crippen LogP contribution in [0.25, 0.3) is 0 Å². The van der Waals surface area contributed by atoms with Gasteiger partial charge in [-0.3, -0.25) is 0 Å². The van der Waals surface area contributed by atoms with Gasteiger partial charge in [-0.2, -0.15) is 0 Å². The first kappa shape index (κ1) is 16.9. The molecular weight excluding hydrogens is 232 g/mol. The Bertz CT molecular complexity index is 272. The highest BCUT2D eigenvalue weighted by atomic mass is 16.5. The van der Waals surface area contributed by atoms with Gasteiger partial charge in [-0.25, -0.2) is 0 Å². The fourth-order valence-electron chi connectivity index (χ4n) is 1.02. The Hall–Kier alpha value is -1.10. The van der Waals surface area contributed by atoms with Gasteiger partial charge in [0.05, 0.1) is 18.8 Å². The molecule has 0 fully saturated rings. The minimum Gasteiger partial charge on any atom is -0.491 e. The van der Waals surface area contributed by atoms with Crippen molar-refractivity contribution in [1.82, 2.24) is 0 Å². The van der Waals surface area contributed by atoms with E-state index in [0.717, 1.165) is 5.75 Å². The van der Waals surface area contributed by atoms with Crippen LogP contribution in [0.4, 0.5) is 0 Å². The molecule has 0 saturated heterocycles. The summed E-state index contributed by atoms with van der Waals surface area (Å²) in [5, 5.41) is 17.4. The molecule has 0 radical (unpaired) electrons. The van der Waals surface area contributed by atoms with E-state index < -0.39 is 6.10 Å². The zero-order valence-electron chi connectivity index (χ0n) is 11.4. The predicted octanol–water partition coefficient (Wildman–Crippen LogP) is 1.85. The molecule has 0 saturated carbocycles. The van der Waals surface area contributed by atoms with Gasteiger partial charge in [0.25, 0.3) is 0 Å². The molecule has 0 aliphatic heterocycles. The van der Waals surface area contributed by atoms with E-state index in [9.17, 15) is 0 Å². The predicted molar refractivity (Wildman–Crippen MR) is 71.8 cm³/mol. The lowest BCUT2D eigenvalue weighted by atomic mass is 10.3. The molecule has 0 heterocycles. The molecule has 0 amide bonds. The van der Waals surface area contributed by atoms with Gasteiger partial charge in [-0.1, -0.05) is 18.2 Å². The number of benzene rings is 1. The second kappa shape index (κ2) is 11.0. The van der Waals surface area contributed by atoms with Crippen molar-refractivity contribution in [3.8, 4) is 5.75 Å². The standard InChI is InChI=1S/C9H12O2.C5H12O2/c1-8(10)7-11-9-5-3-2-4-6-9;1-3-7-4-5(2)6/h2-6,8,10H,7H2,1H3;5-6H,3-4H2,1-2H3. The average Bonchev–Trinajstić information content (AvgIpc) is 2.36. The smallest absolute Gasteiger partial charge is 0.119 e. The summed E-state index contributed by atoms with van der Waals surface area (Å²) in [7, 11) is 0.